The quantitative estimate of drug-likeness (QED) is 0.121. The molecule has 0 spiro atoms. The van der Waals surface area contributed by atoms with Gasteiger partial charge in [-0.25, -0.2) is 4.98 Å². The van der Waals surface area contributed by atoms with E-state index in [1.165, 1.54) is 169 Å². The summed E-state index contributed by atoms with van der Waals surface area (Å²) in [7, 11) is 0. The lowest BCUT2D eigenvalue weighted by atomic mass is 9.68. The highest BCUT2D eigenvalue weighted by molar-refractivity contribution is 6.30. The van der Waals surface area contributed by atoms with Gasteiger partial charge in [0.15, 0.2) is 0 Å². The first-order valence-corrected chi connectivity index (χ1v) is 41.5. The number of para-hydroxylation sites is 3. The second-order valence-electron chi connectivity index (χ2n) is 32.2. The molecule has 24 rings (SSSR count). The summed E-state index contributed by atoms with van der Waals surface area (Å²) in [4.78, 5) is 13.3. The normalized spacial score (nSPS) is 16.7. The van der Waals surface area contributed by atoms with Gasteiger partial charge in [0.2, 0.25) is 0 Å². The van der Waals surface area contributed by atoms with Crippen LogP contribution in [0.3, 0.4) is 0 Å². The molecule has 4 atom stereocenters. The zero-order valence-electron chi connectivity index (χ0n) is 64.8. The third-order valence-electron chi connectivity index (χ3n) is 25.9. The number of amidine groups is 1. The number of aryl methyl sites for hydroxylation is 1. The van der Waals surface area contributed by atoms with Crippen LogP contribution in [0, 0.1) is 11.8 Å². The van der Waals surface area contributed by atoms with E-state index < -0.39 is 0 Å². The molecule has 0 fully saturated rings. The molecule has 0 saturated carbocycles. The van der Waals surface area contributed by atoms with E-state index in [2.05, 4.69) is 422 Å². The maximum absolute atomic E-state index is 5.68. The van der Waals surface area contributed by atoms with Crippen molar-refractivity contribution in [1.82, 2.24) is 9.55 Å². The molecule has 18 aromatic carbocycles. The van der Waals surface area contributed by atoms with Crippen molar-refractivity contribution < 1.29 is 0 Å². The number of nitrogens with zero attached hydrogens (tertiary/aromatic N) is 4. The van der Waals surface area contributed by atoms with Crippen LogP contribution in [0.25, 0.3) is 171 Å². The van der Waals surface area contributed by atoms with Crippen molar-refractivity contribution in [2.24, 2.45) is 16.8 Å². The number of imidazole rings is 1. The van der Waals surface area contributed by atoms with E-state index in [1.807, 2.05) is 0 Å². The molecule has 0 radical (unpaired) electrons. The molecule has 4 unspecified atom stereocenters. The zero-order chi connectivity index (χ0) is 77.5. The molecule has 4 heteroatoms. The van der Waals surface area contributed by atoms with Crippen LogP contribution in [0.2, 0.25) is 0 Å². The van der Waals surface area contributed by atoms with Crippen LogP contribution in [0.15, 0.2) is 412 Å². The first kappa shape index (κ1) is 67.6. The Kier molecular flexibility index (Phi) is 15.7. The third-order valence-corrected chi connectivity index (χ3v) is 25.9. The molecule has 1 aliphatic heterocycles. The average Bonchev–Trinajstić information content (AvgIpc) is 0.754. The van der Waals surface area contributed by atoms with Gasteiger partial charge in [-0.05, 0) is 230 Å². The Morgan fingerprint density at radius 3 is 1.42 bits per heavy atom. The first-order chi connectivity index (χ1) is 58.6. The molecule has 0 amide bonds. The van der Waals surface area contributed by atoms with Gasteiger partial charge in [-0.15, -0.1) is 0 Å². The summed E-state index contributed by atoms with van der Waals surface area (Å²) >= 11 is 0. The predicted molar refractivity (Wildman–Crippen MR) is 497 cm³/mol. The van der Waals surface area contributed by atoms with E-state index in [-0.39, 0.29) is 23.9 Å². The lowest BCUT2D eigenvalue weighted by Crippen LogP contribution is -2.40. The average molecular weight is 1500 g/mol. The van der Waals surface area contributed by atoms with Crippen LogP contribution in [-0.2, 0) is 6.42 Å². The summed E-state index contributed by atoms with van der Waals surface area (Å²) < 4.78 is 2.29. The summed E-state index contributed by atoms with van der Waals surface area (Å²) in [6.07, 6.45) is 23.3. The fraction of sp³-hybridized carbons (Fsp3) is 0.0526. The standard InChI is InChI=1S/C114H76N4/c1-3-29-74(30-4-1)113-115-101-52-25-26-53-103(101)117(113)82-64-60-73(61-65-82)106-87-37-11-19-45-95(87)110(96-46-20-12-38-88(96)106)112-99-49-23-15-41-91(99)108(92-42-16-24-50-100(92)112)80-62-66-84-77(69-80)32-27-51-83(84)78-63-67-102-104(70-78)118(81-33-5-2-6-34-81)114(116-102)75-57-55-72(56-58-75)105-85-35-9-17-43-93(85)109(94-44-18-10-36-86(94)105)111-97-47-21-13-39-89(97)107(90-40-14-22-48-98(90)111)79-59-54-71-28-7-8-31-76(71)68-79/h1-7,9-30,32-70,85,93,102,104H,8,31H2. The third kappa shape index (κ3) is 10.7. The van der Waals surface area contributed by atoms with E-state index >= 15 is 0 Å². The van der Waals surface area contributed by atoms with Gasteiger partial charge in [0.25, 0.3) is 0 Å². The minimum Gasteiger partial charge on any atom is -0.317 e. The number of hydrogen-bond acceptors (Lipinski definition) is 3. The molecule has 5 aliphatic rings. The van der Waals surface area contributed by atoms with Crippen LogP contribution in [0.1, 0.15) is 39.8 Å². The number of aliphatic imine (C=N–C) groups is 1. The second-order valence-corrected chi connectivity index (χ2v) is 32.2. The molecule has 4 nitrogen and oxygen atoms in total. The van der Waals surface area contributed by atoms with Gasteiger partial charge in [0.05, 0.1) is 23.1 Å². The van der Waals surface area contributed by atoms with Crippen molar-refractivity contribution in [2.75, 3.05) is 4.90 Å². The smallest absolute Gasteiger partial charge is 0.145 e. The van der Waals surface area contributed by atoms with E-state index in [0.717, 1.165) is 63.6 Å². The summed E-state index contributed by atoms with van der Waals surface area (Å²) in [6.45, 7) is 0. The van der Waals surface area contributed by atoms with Crippen molar-refractivity contribution in [1.29, 1.82) is 0 Å². The summed E-state index contributed by atoms with van der Waals surface area (Å²) in [5.74, 6) is 2.09. The highest BCUT2D eigenvalue weighted by Gasteiger charge is 2.39. The summed E-state index contributed by atoms with van der Waals surface area (Å²) in [5, 5.41) is 19.9. The lowest BCUT2D eigenvalue weighted by Gasteiger charge is -2.34. The van der Waals surface area contributed by atoms with Crippen molar-refractivity contribution in [3.8, 4) is 61.6 Å². The Labute approximate surface area is 684 Å². The van der Waals surface area contributed by atoms with Crippen molar-refractivity contribution in [3.63, 3.8) is 0 Å². The molecule has 2 heterocycles. The predicted octanol–water partition coefficient (Wildman–Crippen LogP) is 26.8. The molecule has 118 heavy (non-hydrogen) atoms. The highest BCUT2D eigenvalue weighted by Crippen LogP contribution is 2.53. The topological polar surface area (TPSA) is 33.4 Å². The lowest BCUT2D eigenvalue weighted by molar-refractivity contribution is 0.687. The summed E-state index contributed by atoms with van der Waals surface area (Å²) in [5.41, 5.74) is 26.7. The van der Waals surface area contributed by atoms with E-state index in [9.17, 15) is 0 Å². The number of rotatable bonds is 11. The summed E-state index contributed by atoms with van der Waals surface area (Å²) in [6, 6.07) is 133. The molecule has 0 bridgehead atoms. The van der Waals surface area contributed by atoms with Gasteiger partial charge >= 0.3 is 0 Å². The molecule has 0 N–H and O–H groups in total. The second kappa shape index (κ2) is 27.4. The largest absolute Gasteiger partial charge is 0.317 e. The van der Waals surface area contributed by atoms with Gasteiger partial charge in [-0.1, -0.05) is 370 Å². The van der Waals surface area contributed by atoms with Crippen molar-refractivity contribution in [3.05, 3.63) is 450 Å². The van der Waals surface area contributed by atoms with Gasteiger partial charge in [0.1, 0.15) is 11.7 Å². The van der Waals surface area contributed by atoms with E-state index in [1.54, 1.807) is 0 Å². The Balaban J connectivity index is 0.580. The van der Waals surface area contributed by atoms with Crippen molar-refractivity contribution in [2.45, 2.75) is 24.9 Å². The van der Waals surface area contributed by atoms with Crippen molar-refractivity contribution >= 4 is 121 Å². The maximum atomic E-state index is 5.68. The number of hydrogen-bond donors (Lipinski definition) is 0. The fourth-order valence-electron chi connectivity index (χ4n) is 20.8. The molecule has 19 aromatic rings. The maximum Gasteiger partial charge on any atom is 0.145 e. The van der Waals surface area contributed by atoms with E-state index in [0.29, 0.717) is 0 Å². The number of fused-ring (bicyclic) bond motifs is 12. The first-order valence-electron chi connectivity index (χ1n) is 41.5. The molecule has 4 aliphatic carbocycles. The SMILES string of the molecule is C1=CC2C(c3ccc(C4=NC5C=CC(c6cccc7cc(-c8c9ccccc9c(-c9c%10ccccc%10c(-c%10ccc(-n%11c(-c%12ccccc%12)nc%12ccccc%12%11)cc%10)c%10ccccc9%10)c9ccccc89)ccc67)=CC5N4c4ccccc4)cc3)=c3ccccc3=C(c3c4ccccc4c(-c4ccc5c(c4)CCC=C5)c4ccccc34)C2C=C1. The zero-order valence-corrected chi connectivity index (χ0v) is 64.8. The Morgan fingerprint density at radius 1 is 0.322 bits per heavy atom. The van der Waals surface area contributed by atoms with Crippen LogP contribution in [-0.4, -0.2) is 27.5 Å². The number of allylic oxidation sites excluding steroid dienone is 7. The van der Waals surface area contributed by atoms with E-state index in [4.69, 9.17) is 9.98 Å². The van der Waals surface area contributed by atoms with Gasteiger partial charge in [-0.3, -0.25) is 9.56 Å². The Morgan fingerprint density at radius 2 is 0.805 bits per heavy atom. The molecular weight excluding hydrogens is 1430 g/mol. The van der Waals surface area contributed by atoms with Crippen LogP contribution in [0.5, 0.6) is 0 Å². The van der Waals surface area contributed by atoms with Gasteiger partial charge in [-0.2, -0.15) is 0 Å². The Bertz CT molecular complexity index is 7630. The van der Waals surface area contributed by atoms with Crippen LogP contribution < -0.4 is 15.3 Å². The molecule has 1 aromatic heterocycles. The van der Waals surface area contributed by atoms with Gasteiger partial charge in [0, 0.05) is 34.3 Å². The molecule has 0 saturated heterocycles. The van der Waals surface area contributed by atoms with Crippen LogP contribution >= 0.6 is 0 Å². The number of benzene rings is 18. The van der Waals surface area contributed by atoms with Crippen LogP contribution in [0.4, 0.5) is 5.69 Å². The monoisotopic (exact) mass is 1500 g/mol. The number of anilines is 1. The highest BCUT2D eigenvalue weighted by atomic mass is 15.3. The molecule has 552 valence electrons. The minimum absolute atomic E-state index is 0.0612. The molecular formula is C114H76N4. The minimum atomic E-state index is -0.0915. The fourth-order valence-corrected chi connectivity index (χ4v) is 20.8. The van der Waals surface area contributed by atoms with Gasteiger partial charge < -0.3 is 4.90 Å². The number of aromatic nitrogens is 2. The Hall–Kier alpha value is -14.8.